The van der Waals surface area contributed by atoms with E-state index in [1.165, 1.54) is 11.0 Å². The smallest absolute Gasteiger partial charge is 0.240 e. The molecule has 1 heterocycles. The Hall–Kier alpha value is -3.09. The van der Waals surface area contributed by atoms with Gasteiger partial charge >= 0.3 is 0 Å². The molecule has 2 aliphatic rings. The molecule has 1 N–H and O–H groups in total. The second-order valence-electron chi connectivity index (χ2n) is 7.78. The first-order valence-corrected chi connectivity index (χ1v) is 10.2. The van der Waals surface area contributed by atoms with Crippen LogP contribution in [0, 0.1) is 11.7 Å². The maximum Gasteiger partial charge on any atom is 0.240 e. The predicted octanol–water partition coefficient (Wildman–Crippen LogP) is 3.61. The van der Waals surface area contributed by atoms with Gasteiger partial charge in [0.1, 0.15) is 12.3 Å². The lowest BCUT2D eigenvalue weighted by Gasteiger charge is -2.23. The van der Waals surface area contributed by atoms with E-state index in [4.69, 9.17) is 9.47 Å². The van der Waals surface area contributed by atoms with Gasteiger partial charge in [-0.3, -0.25) is 14.5 Å². The lowest BCUT2D eigenvalue weighted by Crippen LogP contribution is -2.41. The average molecular weight is 412 g/mol. The minimum absolute atomic E-state index is 0.130. The number of ether oxygens (including phenoxy) is 2. The number of rotatable bonds is 7. The minimum atomic E-state index is -0.442. The fourth-order valence-electron chi connectivity index (χ4n) is 3.40. The molecule has 1 atom stereocenters. The molecule has 0 saturated heterocycles. The summed E-state index contributed by atoms with van der Waals surface area (Å²) in [5.41, 5.74) is 1.21. The zero-order chi connectivity index (χ0) is 21.1. The first-order valence-electron chi connectivity index (χ1n) is 10.2. The van der Waals surface area contributed by atoms with Gasteiger partial charge in [-0.05, 0) is 55.5 Å². The van der Waals surface area contributed by atoms with Crippen molar-refractivity contribution in [1.29, 1.82) is 0 Å². The number of nitrogens with zero attached hydrogens (tertiary/aromatic N) is 1. The van der Waals surface area contributed by atoms with Crippen LogP contribution in [-0.4, -0.2) is 31.6 Å². The topological polar surface area (TPSA) is 67.9 Å². The quantitative estimate of drug-likeness (QED) is 0.755. The number of halogens is 1. The van der Waals surface area contributed by atoms with E-state index < -0.39 is 11.9 Å². The molecule has 30 heavy (non-hydrogen) atoms. The van der Waals surface area contributed by atoms with E-state index >= 15 is 0 Å². The van der Waals surface area contributed by atoms with Crippen LogP contribution in [0.2, 0.25) is 0 Å². The summed E-state index contributed by atoms with van der Waals surface area (Å²) in [6, 6.07) is 11.5. The van der Waals surface area contributed by atoms with E-state index in [1.54, 1.807) is 37.3 Å². The standard InChI is InChI=1S/C23H25FN2O4/c1-15(17-8-9-20(18(24)12-17)30-14-16-6-7-16)25-22(27)13-26-19-4-2-3-5-21(19)29-11-10-23(26)28/h2-5,8-9,12,15-16H,6-7,10-11,13-14H2,1H3,(H,25,27). The molecule has 6 nitrogen and oxygen atoms in total. The van der Waals surface area contributed by atoms with Crippen molar-refractivity contribution in [3.05, 3.63) is 53.8 Å². The second-order valence-corrected chi connectivity index (χ2v) is 7.78. The van der Waals surface area contributed by atoms with Gasteiger partial charge in [0, 0.05) is 0 Å². The molecule has 1 unspecified atom stereocenters. The molecular formula is C23H25FN2O4. The van der Waals surface area contributed by atoms with Crippen LogP contribution in [0.15, 0.2) is 42.5 Å². The molecule has 0 aromatic heterocycles. The molecule has 2 aromatic carbocycles. The Kier molecular flexibility index (Phi) is 5.88. The Morgan fingerprint density at radius 3 is 2.87 bits per heavy atom. The Bertz CT molecular complexity index is 945. The maximum atomic E-state index is 14.3. The van der Waals surface area contributed by atoms with Gasteiger partial charge in [0.2, 0.25) is 11.8 Å². The summed E-state index contributed by atoms with van der Waals surface area (Å²) in [7, 11) is 0. The molecule has 158 valence electrons. The zero-order valence-electron chi connectivity index (χ0n) is 16.9. The summed E-state index contributed by atoms with van der Waals surface area (Å²) in [4.78, 5) is 26.5. The normalized spacial score (nSPS) is 16.9. The Morgan fingerprint density at radius 1 is 1.30 bits per heavy atom. The van der Waals surface area contributed by atoms with Crippen molar-refractivity contribution in [2.75, 3.05) is 24.7 Å². The van der Waals surface area contributed by atoms with Crippen LogP contribution in [0.4, 0.5) is 10.1 Å². The van der Waals surface area contributed by atoms with Crippen molar-refractivity contribution >= 4 is 17.5 Å². The molecular weight excluding hydrogens is 387 g/mol. The number of amides is 2. The molecule has 2 amide bonds. The SMILES string of the molecule is CC(NC(=O)CN1C(=O)CCOc2ccccc21)c1ccc(OCC2CC2)c(F)c1. The van der Waals surface area contributed by atoms with E-state index in [2.05, 4.69) is 5.32 Å². The lowest BCUT2D eigenvalue weighted by atomic mass is 10.1. The number of carbonyl (C=O) groups excluding carboxylic acids is 2. The molecule has 1 fully saturated rings. The minimum Gasteiger partial charge on any atom is -0.491 e. The van der Waals surface area contributed by atoms with E-state index in [1.807, 2.05) is 6.07 Å². The molecule has 2 aromatic rings. The summed E-state index contributed by atoms with van der Waals surface area (Å²) in [5, 5.41) is 2.84. The Labute approximate surface area is 175 Å². The lowest BCUT2D eigenvalue weighted by molar-refractivity contribution is -0.124. The van der Waals surface area contributed by atoms with Gasteiger partial charge in [-0.25, -0.2) is 4.39 Å². The summed E-state index contributed by atoms with van der Waals surface area (Å²) in [6.07, 6.45) is 2.48. The summed E-state index contributed by atoms with van der Waals surface area (Å²) < 4.78 is 25.5. The van der Waals surface area contributed by atoms with Crippen molar-refractivity contribution < 1.29 is 23.5 Å². The highest BCUT2D eigenvalue weighted by atomic mass is 19.1. The van der Waals surface area contributed by atoms with E-state index in [-0.39, 0.29) is 37.1 Å². The van der Waals surface area contributed by atoms with Gasteiger partial charge in [0.25, 0.3) is 0 Å². The van der Waals surface area contributed by atoms with Crippen LogP contribution in [0.1, 0.15) is 37.8 Å². The number of fused-ring (bicyclic) bond motifs is 1. The van der Waals surface area contributed by atoms with Crippen LogP contribution in [0.3, 0.4) is 0 Å². The van der Waals surface area contributed by atoms with Gasteiger partial charge in [-0.1, -0.05) is 18.2 Å². The molecule has 7 heteroatoms. The molecule has 0 radical (unpaired) electrons. The number of carbonyl (C=O) groups is 2. The number of anilines is 1. The monoisotopic (exact) mass is 412 g/mol. The largest absolute Gasteiger partial charge is 0.491 e. The molecule has 0 bridgehead atoms. The van der Waals surface area contributed by atoms with Crippen molar-refractivity contribution in [2.45, 2.75) is 32.2 Å². The predicted molar refractivity (Wildman–Crippen MR) is 110 cm³/mol. The van der Waals surface area contributed by atoms with Gasteiger partial charge in [0.15, 0.2) is 11.6 Å². The van der Waals surface area contributed by atoms with Crippen LogP contribution < -0.4 is 19.7 Å². The first kappa shape index (κ1) is 20.2. The highest BCUT2D eigenvalue weighted by molar-refractivity contribution is 6.00. The van der Waals surface area contributed by atoms with Crippen LogP contribution in [0.25, 0.3) is 0 Å². The number of nitrogens with one attached hydrogen (secondary N) is 1. The highest BCUT2D eigenvalue weighted by Crippen LogP contribution is 2.32. The molecule has 1 saturated carbocycles. The Morgan fingerprint density at radius 2 is 2.10 bits per heavy atom. The van der Waals surface area contributed by atoms with Crippen LogP contribution >= 0.6 is 0 Å². The van der Waals surface area contributed by atoms with Crippen molar-refractivity contribution in [1.82, 2.24) is 5.32 Å². The number of benzene rings is 2. The summed E-state index contributed by atoms with van der Waals surface area (Å²) in [5.74, 6) is 0.402. The fourth-order valence-corrected chi connectivity index (χ4v) is 3.40. The van der Waals surface area contributed by atoms with Gasteiger partial charge in [-0.15, -0.1) is 0 Å². The van der Waals surface area contributed by atoms with Crippen molar-refractivity contribution in [2.24, 2.45) is 5.92 Å². The Balaban J connectivity index is 1.39. The van der Waals surface area contributed by atoms with E-state index in [0.717, 1.165) is 12.8 Å². The van der Waals surface area contributed by atoms with E-state index in [0.29, 0.717) is 29.5 Å². The number of para-hydroxylation sites is 2. The third-order valence-electron chi connectivity index (χ3n) is 5.34. The van der Waals surface area contributed by atoms with Crippen LogP contribution in [-0.2, 0) is 9.59 Å². The van der Waals surface area contributed by atoms with Gasteiger partial charge in [0.05, 0.1) is 31.4 Å². The maximum absolute atomic E-state index is 14.3. The van der Waals surface area contributed by atoms with Crippen molar-refractivity contribution in [3.8, 4) is 11.5 Å². The van der Waals surface area contributed by atoms with Gasteiger partial charge < -0.3 is 14.8 Å². The summed E-state index contributed by atoms with van der Waals surface area (Å²) >= 11 is 0. The van der Waals surface area contributed by atoms with Crippen LogP contribution in [0.5, 0.6) is 11.5 Å². The zero-order valence-corrected chi connectivity index (χ0v) is 16.9. The molecule has 1 aliphatic heterocycles. The molecule has 4 rings (SSSR count). The summed E-state index contributed by atoms with van der Waals surface area (Å²) in [6.45, 7) is 2.46. The van der Waals surface area contributed by atoms with Crippen molar-refractivity contribution in [3.63, 3.8) is 0 Å². The van der Waals surface area contributed by atoms with E-state index in [9.17, 15) is 14.0 Å². The first-order chi connectivity index (χ1) is 14.5. The number of hydrogen-bond donors (Lipinski definition) is 1. The second kappa shape index (κ2) is 8.73. The van der Waals surface area contributed by atoms with Gasteiger partial charge in [-0.2, -0.15) is 0 Å². The average Bonchev–Trinajstić information content (AvgIpc) is 3.56. The third kappa shape index (κ3) is 4.72. The fraction of sp³-hybridized carbons (Fsp3) is 0.391. The third-order valence-corrected chi connectivity index (χ3v) is 5.34. The molecule has 0 spiro atoms. The highest BCUT2D eigenvalue weighted by Gasteiger charge is 2.26. The molecule has 1 aliphatic carbocycles. The number of hydrogen-bond acceptors (Lipinski definition) is 4.